The number of carbonyl (C=O) groups excluding carboxylic acids is 1. The van der Waals surface area contributed by atoms with E-state index in [1.54, 1.807) is 23.1 Å². The smallest absolute Gasteiger partial charge is 0.261 e. The van der Waals surface area contributed by atoms with Crippen molar-refractivity contribution in [3.05, 3.63) is 52.0 Å². The van der Waals surface area contributed by atoms with Crippen molar-refractivity contribution >= 4 is 55.8 Å². The number of carbonyl (C=O) groups is 1. The number of halogens is 2. The van der Waals surface area contributed by atoms with Crippen LogP contribution in [0.5, 0.6) is 5.75 Å². The highest BCUT2D eigenvalue weighted by atomic mass is 35.5. The van der Waals surface area contributed by atoms with Crippen LogP contribution in [0.1, 0.15) is 23.7 Å². The second kappa shape index (κ2) is 10.8. The molecule has 1 aliphatic rings. The number of fused-ring (bicyclic) bond motifs is 1. The Bertz CT molecular complexity index is 1090. The van der Waals surface area contributed by atoms with Crippen LogP contribution in [0, 0.1) is 0 Å². The van der Waals surface area contributed by atoms with Gasteiger partial charge in [0.2, 0.25) is 0 Å². The molecule has 9 heteroatoms. The zero-order valence-corrected chi connectivity index (χ0v) is 20.2. The van der Waals surface area contributed by atoms with Gasteiger partial charge < -0.3 is 9.47 Å². The number of ether oxygens (including phenoxy) is 2. The number of amides is 1. The van der Waals surface area contributed by atoms with Gasteiger partial charge in [-0.05, 0) is 49.7 Å². The maximum Gasteiger partial charge on any atom is 0.261 e. The van der Waals surface area contributed by atoms with E-state index in [2.05, 4.69) is 4.90 Å². The van der Waals surface area contributed by atoms with Crippen LogP contribution < -0.4 is 9.64 Å². The molecule has 1 saturated heterocycles. The Morgan fingerprint density at radius 1 is 1.22 bits per heavy atom. The molecule has 0 bridgehead atoms. The molecule has 170 valence electrons. The fourth-order valence-electron chi connectivity index (χ4n) is 3.63. The van der Waals surface area contributed by atoms with Gasteiger partial charge in [-0.25, -0.2) is 4.98 Å². The van der Waals surface area contributed by atoms with Gasteiger partial charge in [-0.15, -0.1) is 0 Å². The first-order valence-corrected chi connectivity index (χ1v) is 12.2. The molecular formula is C23H25Cl2N3O3S. The molecule has 1 aliphatic heterocycles. The van der Waals surface area contributed by atoms with E-state index in [0.717, 1.165) is 55.2 Å². The first kappa shape index (κ1) is 23.3. The van der Waals surface area contributed by atoms with Gasteiger partial charge in [0.1, 0.15) is 5.75 Å². The summed E-state index contributed by atoms with van der Waals surface area (Å²) in [6, 6.07) is 10.7. The quantitative estimate of drug-likeness (QED) is 0.422. The fourth-order valence-corrected chi connectivity index (χ4v) is 5.14. The molecular weight excluding hydrogens is 469 g/mol. The van der Waals surface area contributed by atoms with Crippen LogP contribution in [0.15, 0.2) is 36.4 Å². The minimum absolute atomic E-state index is 0.183. The van der Waals surface area contributed by atoms with Gasteiger partial charge in [-0.3, -0.25) is 14.6 Å². The molecule has 0 atom stereocenters. The Hall–Kier alpha value is -1.90. The van der Waals surface area contributed by atoms with E-state index < -0.39 is 0 Å². The molecule has 0 saturated carbocycles. The lowest BCUT2D eigenvalue weighted by Gasteiger charge is -2.27. The molecule has 6 nitrogen and oxygen atoms in total. The molecule has 0 radical (unpaired) electrons. The van der Waals surface area contributed by atoms with Crippen LogP contribution in [-0.4, -0.2) is 61.8 Å². The maximum absolute atomic E-state index is 13.5. The van der Waals surface area contributed by atoms with Crippen molar-refractivity contribution < 1.29 is 14.3 Å². The first-order chi connectivity index (χ1) is 15.5. The Labute approximate surface area is 201 Å². The van der Waals surface area contributed by atoms with Gasteiger partial charge in [0.15, 0.2) is 5.13 Å². The monoisotopic (exact) mass is 493 g/mol. The van der Waals surface area contributed by atoms with Gasteiger partial charge >= 0.3 is 0 Å². The van der Waals surface area contributed by atoms with E-state index in [1.165, 1.54) is 11.3 Å². The van der Waals surface area contributed by atoms with E-state index in [0.29, 0.717) is 33.9 Å². The summed E-state index contributed by atoms with van der Waals surface area (Å²) in [6.07, 6.45) is 0.817. The summed E-state index contributed by atoms with van der Waals surface area (Å²) in [5.74, 6) is 0.610. The zero-order valence-electron chi connectivity index (χ0n) is 17.9. The average Bonchev–Trinajstić information content (AvgIpc) is 3.20. The normalized spacial score (nSPS) is 14.6. The molecule has 0 aliphatic carbocycles. The largest absolute Gasteiger partial charge is 0.494 e. The topological polar surface area (TPSA) is 54.9 Å². The highest BCUT2D eigenvalue weighted by molar-refractivity contribution is 7.22. The van der Waals surface area contributed by atoms with E-state index >= 15 is 0 Å². The molecule has 3 aromatic rings. The third kappa shape index (κ3) is 5.53. The van der Waals surface area contributed by atoms with E-state index in [-0.39, 0.29) is 5.91 Å². The van der Waals surface area contributed by atoms with Crippen molar-refractivity contribution in [3.8, 4) is 5.75 Å². The summed E-state index contributed by atoms with van der Waals surface area (Å²) >= 11 is 13.9. The Morgan fingerprint density at radius 2 is 2.03 bits per heavy atom. The van der Waals surface area contributed by atoms with Crippen LogP contribution in [0.2, 0.25) is 10.0 Å². The summed E-state index contributed by atoms with van der Waals surface area (Å²) in [5.41, 5.74) is 1.25. The Morgan fingerprint density at radius 3 is 2.78 bits per heavy atom. The van der Waals surface area contributed by atoms with Gasteiger partial charge in [0.05, 0.1) is 40.6 Å². The Kier molecular flexibility index (Phi) is 7.86. The number of nitrogens with zero attached hydrogens (tertiary/aromatic N) is 3. The number of benzene rings is 2. The molecule has 32 heavy (non-hydrogen) atoms. The molecule has 2 heterocycles. The van der Waals surface area contributed by atoms with Crippen LogP contribution >= 0.6 is 34.5 Å². The van der Waals surface area contributed by atoms with Crippen LogP contribution in [0.3, 0.4) is 0 Å². The number of thiazole rings is 1. The van der Waals surface area contributed by atoms with Crippen LogP contribution in [-0.2, 0) is 4.74 Å². The summed E-state index contributed by atoms with van der Waals surface area (Å²) in [7, 11) is 0. The lowest BCUT2D eigenvalue weighted by atomic mass is 10.2. The van der Waals surface area contributed by atoms with Crippen molar-refractivity contribution in [1.29, 1.82) is 0 Å². The van der Waals surface area contributed by atoms with Crippen molar-refractivity contribution in [1.82, 2.24) is 9.88 Å². The van der Waals surface area contributed by atoms with Gasteiger partial charge in [0.25, 0.3) is 5.91 Å². The van der Waals surface area contributed by atoms with Crippen LogP contribution in [0.4, 0.5) is 5.13 Å². The minimum atomic E-state index is -0.183. The molecule has 1 fully saturated rings. The Balaban J connectivity index is 1.60. The molecule has 0 spiro atoms. The number of rotatable bonds is 8. The standard InChI is InChI=1S/C23H25Cl2N3O3S/c1-2-31-17-5-7-20-21(15-17)32-23(26-20)28(9-3-8-27-10-12-30-13-11-27)22(29)18-6-4-16(24)14-19(18)25/h4-7,14-15H,2-3,8-13H2,1H3. The number of anilines is 1. The van der Waals surface area contributed by atoms with Gasteiger partial charge in [-0.2, -0.15) is 0 Å². The third-order valence-corrected chi connectivity index (χ3v) is 6.85. The SMILES string of the molecule is CCOc1ccc2nc(N(CCCN3CCOCC3)C(=O)c3ccc(Cl)cc3Cl)sc2c1. The van der Waals surface area contributed by atoms with Crippen molar-refractivity contribution in [2.45, 2.75) is 13.3 Å². The van der Waals surface area contributed by atoms with Gasteiger partial charge in [-0.1, -0.05) is 34.5 Å². The number of aromatic nitrogens is 1. The number of hydrogen-bond donors (Lipinski definition) is 0. The van der Waals surface area contributed by atoms with E-state index in [9.17, 15) is 4.79 Å². The second-order valence-electron chi connectivity index (χ2n) is 7.45. The molecule has 2 aromatic carbocycles. The number of hydrogen-bond acceptors (Lipinski definition) is 6. The van der Waals surface area contributed by atoms with Crippen molar-refractivity contribution in [2.75, 3.05) is 50.9 Å². The van der Waals surface area contributed by atoms with Crippen molar-refractivity contribution in [2.24, 2.45) is 0 Å². The molecule has 1 aromatic heterocycles. The molecule has 1 amide bonds. The molecule has 0 unspecified atom stereocenters. The van der Waals surface area contributed by atoms with Gasteiger partial charge in [0, 0.05) is 31.2 Å². The first-order valence-electron chi connectivity index (χ1n) is 10.7. The highest BCUT2D eigenvalue weighted by Crippen LogP contribution is 2.33. The minimum Gasteiger partial charge on any atom is -0.494 e. The predicted octanol–water partition coefficient (Wildman–Crippen LogP) is 5.37. The third-order valence-electron chi connectivity index (χ3n) is 5.26. The molecule has 4 rings (SSSR count). The summed E-state index contributed by atoms with van der Waals surface area (Å²) in [6.45, 7) is 7.31. The van der Waals surface area contributed by atoms with Crippen molar-refractivity contribution in [3.63, 3.8) is 0 Å². The lowest BCUT2D eigenvalue weighted by Crippen LogP contribution is -2.39. The predicted molar refractivity (Wildman–Crippen MR) is 131 cm³/mol. The maximum atomic E-state index is 13.5. The average molecular weight is 494 g/mol. The zero-order chi connectivity index (χ0) is 22.5. The van der Waals surface area contributed by atoms with Crippen LogP contribution in [0.25, 0.3) is 10.2 Å². The summed E-state index contributed by atoms with van der Waals surface area (Å²) in [4.78, 5) is 22.3. The second-order valence-corrected chi connectivity index (χ2v) is 9.30. The lowest BCUT2D eigenvalue weighted by molar-refractivity contribution is 0.0376. The van der Waals surface area contributed by atoms with E-state index in [4.69, 9.17) is 37.7 Å². The van der Waals surface area contributed by atoms with E-state index in [1.807, 2.05) is 25.1 Å². The molecule has 0 N–H and O–H groups in total. The summed E-state index contributed by atoms with van der Waals surface area (Å²) < 4.78 is 12.0. The highest BCUT2D eigenvalue weighted by Gasteiger charge is 2.24. The summed E-state index contributed by atoms with van der Waals surface area (Å²) in [5, 5.41) is 1.47. The number of morpholine rings is 1. The fraction of sp³-hybridized carbons (Fsp3) is 0.391.